The molecule has 3 aliphatic rings. The van der Waals surface area contributed by atoms with Gasteiger partial charge in [-0.25, -0.2) is 5.01 Å². The Bertz CT molecular complexity index is 1250. The van der Waals surface area contributed by atoms with Crippen molar-refractivity contribution in [1.82, 2.24) is 25.0 Å². The highest BCUT2D eigenvalue weighted by Gasteiger charge is 2.34. The van der Waals surface area contributed by atoms with Gasteiger partial charge >= 0.3 is 0 Å². The van der Waals surface area contributed by atoms with Gasteiger partial charge in [-0.15, -0.1) is 0 Å². The van der Waals surface area contributed by atoms with Crippen LogP contribution in [0.1, 0.15) is 35.5 Å². The van der Waals surface area contributed by atoms with Gasteiger partial charge in [-0.3, -0.25) is 19.7 Å². The van der Waals surface area contributed by atoms with Crippen LogP contribution in [0, 0.1) is 0 Å². The molecule has 3 heterocycles. The van der Waals surface area contributed by atoms with Crippen molar-refractivity contribution in [2.75, 3.05) is 77.6 Å². The summed E-state index contributed by atoms with van der Waals surface area (Å²) in [5, 5.41) is 19.0. The number of hydrazine groups is 1. The summed E-state index contributed by atoms with van der Waals surface area (Å²) < 4.78 is 5.46. The lowest BCUT2D eigenvalue weighted by atomic mass is 10.0. The predicted octanol–water partition coefficient (Wildman–Crippen LogP) is 2.88. The second kappa shape index (κ2) is 12.8. The number of aliphatic hydroxyl groups excluding tert-OH is 1. The molecule has 2 saturated heterocycles. The molecular weight excluding hydrogens is 492 g/mol. The molecule has 1 aliphatic carbocycles. The van der Waals surface area contributed by atoms with E-state index in [0.29, 0.717) is 30.8 Å². The molecule has 0 unspecified atom stereocenters. The van der Waals surface area contributed by atoms with E-state index in [2.05, 4.69) is 61.7 Å². The first kappa shape index (κ1) is 27.5. The van der Waals surface area contributed by atoms with Crippen molar-refractivity contribution in [3.05, 3.63) is 70.5 Å². The van der Waals surface area contributed by atoms with Gasteiger partial charge in [0.1, 0.15) is 5.69 Å². The van der Waals surface area contributed by atoms with Crippen LogP contribution in [0.2, 0.25) is 0 Å². The number of ether oxygens (including phenoxy) is 1. The SMILES string of the molecule is C\C=C(/C=C\C(=C/C)CN1CCN(CCO)CC1)Cc1[nH]nc2c1C(=O)c1c(NN3CCOCC3)cccc1-2. The number of β-amino-alcohol motifs (C(OH)–C–C–N with tert-alkyl or cyclic N) is 1. The lowest BCUT2D eigenvalue weighted by molar-refractivity contribution is 0.0496. The summed E-state index contributed by atoms with van der Waals surface area (Å²) >= 11 is 0. The van der Waals surface area contributed by atoms with E-state index in [4.69, 9.17) is 4.74 Å². The van der Waals surface area contributed by atoms with Crippen LogP contribution in [-0.4, -0.2) is 108 Å². The molecule has 39 heavy (non-hydrogen) atoms. The van der Waals surface area contributed by atoms with Crippen LogP contribution >= 0.6 is 0 Å². The Morgan fingerprint density at radius 2 is 1.74 bits per heavy atom. The van der Waals surface area contributed by atoms with E-state index >= 15 is 0 Å². The number of piperazine rings is 1. The molecule has 0 amide bonds. The standard InChI is InChI=1S/C30H40N6O3/c1-3-22(8-9-23(4-2)21-35-12-10-34(11-13-35)14-17-37)20-26-28-29(32-31-26)24-6-5-7-25(27(24)30(28)38)33-36-15-18-39-19-16-36/h3-9,33,37H,10-21H2,1-2H3,(H,31,32)/b9-8-,22-3+,23-4+. The van der Waals surface area contributed by atoms with Gasteiger partial charge in [-0.2, -0.15) is 5.10 Å². The number of ketones is 1. The molecule has 3 N–H and O–H groups in total. The van der Waals surface area contributed by atoms with Crippen molar-refractivity contribution in [2.45, 2.75) is 20.3 Å². The minimum absolute atomic E-state index is 0.0222. The summed E-state index contributed by atoms with van der Waals surface area (Å²) in [7, 11) is 0. The normalized spacial score (nSPS) is 19.6. The largest absolute Gasteiger partial charge is 0.395 e. The molecule has 9 heteroatoms. The maximum Gasteiger partial charge on any atom is 0.199 e. The molecule has 1 aromatic carbocycles. The number of nitrogens with one attached hydrogen (secondary N) is 2. The molecule has 1 aromatic heterocycles. The highest BCUT2D eigenvalue weighted by molar-refractivity contribution is 6.24. The zero-order chi connectivity index (χ0) is 27.2. The maximum absolute atomic E-state index is 13.7. The van der Waals surface area contributed by atoms with Gasteiger partial charge in [0.05, 0.1) is 42.3 Å². The van der Waals surface area contributed by atoms with Crippen LogP contribution in [0.15, 0.2) is 53.6 Å². The van der Waals surface area contributed by atoms with Gasteiger partial charge < -0.3 is 15.3 Å². The fourth-order valence-corrected chi connectivity index (χ4v) is 5.49. The van der Waals surface area contributed by atoms with Crippen molar-refractivity contribution in [2.24, 2.45) is 0 Å². The molecule has 0 bridgehead atoms. The quantitative estimate of drug-likeness (QED) is 0.343. The number of fused-ring (bicyclic) bond motifs is 3. The van der Waals surface area contributed by atoms with Crippen LogP contribution in [0.5, 0.6) is 0 Å². The Morgan fingerprint density at radius 1 is 1.03 bits per heavy atom. The molecule has 2 aromatic rings. The molecule has 2 fully saturated rings. The van der Waals surface area contributed by atoms with E-state index in [0.717, 1.165) is 80.6 Å². The number of allylic oxidation sites excluding steroid dienone is 4. The van der Waals surface area contributed by atoms with Crippen LogP contribution in [-0.2, 0) is 11.2 Å². The number of hydrogen-bond donors (Lipinski definition) is 3. The zero-order valence-electron chi connectivity index (χ0n) is 23.1. The van der Waals surface area contributed by atoms with Crippen LogP contribution < -0.4 is 5.43 Å². The first-order chi connectivity index (χ1) is 19.1. The van der Waals surface area contributed by atoms with Crippen molar-refractivity contribution in [3.63, 3.8) is 0 Å². The minimum atomic E-state index is 0.0222. The monoisotopic (exact) mass is 532 g/mol. The highest BCUT2D eigenvalue weighted by Crippen LogP contribution is 2.41. The third-order valence-corrected chi connectivity index (χ3v) is 7.83. The molecule has 0 atom stereocenters. The number of aromatic nitrogens is 2. The van der Waals surface area contributed by atoms with Crippen molar-refractivity contribution >= 4 is 11.5 Å². The number of H-pyrrole nitrogens is 1. The van der Waals surface area contributed by atoms with Gasteiger partial charge in [0.25, 0.3) is 0 Å². The molecule has 9 nitrogen and oxygen atoms in total. The molecule has 0 saturated carbocycles. The van der Waals surface area contributed by atoms with Gasteiger partial charge in [0.2, 0.25) is 0 Å². The fraction of sp³-hybridized carbons (Fsp3) is 0.467. The second-order valence-electron chi connectivity index (χ2n) is 10.3. The van der Waals surface area contributed by atoms with Gasteiger partial charge in [0, 0.05) is 64.3 Å². The van der Waals surface area contributed by atoms with E-state index in [1.165, 1.54) is 5.57 Å². The smallest absolute Gasteiger partial charge is 0.199 e. The molecule has 208 valence electrons. The molecule has 2 aliphatic heterocycles. The van der Waals surface area contributed by atoms with Crippen molar-refractivity contribution in [3.8, 4) is 11.3 Å². The van der Waals surface area contributed by atoms with E-state index in [1.807, 2.05) is 25.1 Å². The summed E-state index contributed by atoms with van der Waals surface area (Å²) in [4.78, 5) is 18.5. The first-order valence-electron chi connectivity index (χ1n) is 14.0. The summed E-state index contributed by atoms with van der Waals surface area (Å²) in [5.74, 6) is 0.0222. The van der Waals surface area contributed by atoms with Crippen molar-refractivity contribution < 1.29 is 14.6 Å². The number of aromatic amines is 1. The number of carbonyl (C=O) groups excluding carboxylic acids is 1. The molecule has 5 rings (SSSR count). The summed E-state index contributed by atoms with van der Waals surface area (Å²) in [6.45, 7) is 12.9. The Hall–Kier alpha value is -3.08. The van der Waals surface area contributed by atoms with E-state index in [1.54, 1.807) is 0 Å². The molecule has 0 spiro atoms. The number of nitrogens with zero attached hydrogens (tertiary/aromatic N) is 4. The summed E-state index contributed by atoms with van der Waals surface area (Å²) in [6.07, 6.45) is 9.22. The second-order valence-corrected chi connectivity index (χ2v) is 10.3. The summed E-state index contributed by atoms with van der Waals surface area (Å²) in [6, 6.07) is 5.92. The number of benzene rings is 1. The average molecular weight is 533 g/mol. The summed E-state index contributed by atoms with van der Waals surface area (Å²) in [5.41, 5.74) is 10.5. The van der Waals surface area contributed by atoms with Gasteiger partial charge in [0.15, 0.2) is 5.78 Å². The Morgan fingerprint density at radius 3 is 2.46 bits per heavy atom. The van der Waals surface area contributed by atoms with Crippen LogP contribution in [0.4, 0.5) is 5.69 Å². The van der Waals surface area contributed by atoms with E-state index < -0.39 is 0 Å². The maximum atomic E-state index is 13.7. The number of aliphatic hydroxyl groups is 1. The third kappa shape index (κ3) is 6.23. The Balaban J connectivity index is 1.25. The van der Waals surface area contributed by atoms with Gasteiger partial charge in [-0.1, -0.05) is 36.4 Å². The average Bonchev–Trinajstić information content (AvgIpc) is 3.51. The predicted molar refractivity (Wildman–Crippen MR) is 154 cm³/mol. The number of morpholine rings is 1. The lowest BCUT2D eigenvalue weighted by Gasteiger charge is -2.34. The first-order valence-corrected chi connectivity index (χ1v) is 14.0. The van der Waals surface area contributed by atoms with E-state index in [-0.39, 0.29) is 12.4 Å². The number of rotatable bonds is 10. The third-order valence-electron chi connectivity index (χ3n) is 7.83. The van der Waals surface area contributed by atoms with E-state index in [9.17, 15) is 9.90 Å². The fourth-order valence-electron chi connectivity index (χ4n) is 5.49. The number of anilines is 1. The Labute approximate surface area is 230 Å². The topological polar surface area (TPSA) is 97.0 Å². The lowest BCUT2D eigenvalue weighted by Crippen LogP contribution is -2.47. The molecular formula is C30H40N6O3. The van der Waals surface area contributed by atoms with Crippen LogP contribution in [0.25, 0.3) is 11.3 Å². The number of carbonyl (C=O) groups is 1. The van der Waals surface area contributed by atoms with Crippen LogP contribution in [0.3, 0.4) is 0 Å². The number of hydrogen-bond acceptors (Lipinski definition) is 8. The Kier molecular flexibility index (Phi) is 9.06. The molecule has 0 radical (unpaired) electrons. The zero-order valence-corrected chi connectivity index (χ0v) is 23.1. The highest BCUT2D eigenvalue weighted by atomic mass is 16.5. The minimum Gasteiger partial charge on any atom is -0.395 e. The van der Waals surface area contributed by atoms with Crippen molar-refractivity contribution in [1.29, 1.82) is 0 Å². The van der Waals surface area contributed by atoms with Gasteiger partial charge in [-0.05, 0) is 31.1 Å².